The maximum atomic E-state index is 4.44. The van der Waals surface area contributed by atoms with Crippen molar-refractivity contribution >= 4 is 21.7 Å². The molecule has 3 heteroatoms. The molecule has 1 N–H and O–H groups in total. The normalized spacial score (nSPS) is 12.2. The second kappa shape index (κ2) is 5.32. The Labute approximate surface area is 110 Å². The van der Waals surface area contributed by atoms with Gasteiger partial charge in [0.05, 0.1) is 6.04 Å². The van der Waals surface area contributed by atoms with Crippen LogP contribution in [-0.4, -0.2) is 4.98 Å². The monoisotopic (exact) mass is 290 g/mol. The number of rotatable bonds is 3. The van der Waals surface area contributed by atoms with Crippen molar-refractivity contribution in [1.82, 2.24) is 4.98 Å². The van der Waals surface area contributed by atoms with Crippen LogP contribution in [0.5, 0.6) is 0 Å². The van der Waals surface area contributed by atoms with Crippen molar-refractivity contribution in [2.75, 3.05) is 5.32 Å². The van der Waals surface area contributed by atoms with E-state index >= 15 is 0 Å². The number of hydrogen-bond donors (Lipinski definition) is 1. The molecular formula is C14H15BrN2. The standard InChI is InChI=1S/C14H15BrN2/c1-10-6-5-9-14(16-10)17-11(2)12-7-3-4-8-13(12)15/h3-9,11H,1-2H3,(H,16,17). The van der Waals surface area contributed by atoms with Crippen molar-refractivity contribution < 1.29 is 0 Å². The van der Waals surface area contributed by atoms with Crippen LogP contribution in [0.2, 0.25) is 0 Å². The van der Waals surface area contributed by atoms with E-state index in [0.717, 1.165) is 16.0 Å². The van der Waals surface area contributed by atoms with Gasteiger partial charge in [-0.3, -0.25) is 0 Å². The molecule has 0 amide bonds. The Morgan fingerprint density at radius 3 is 2.59 bits per heavy atom. The van der Waals surface area contributed by atoms with Gasteiger partial charge in [-0.25, -0.2) is 4.98 Å². The van der Waals surface area contributed by atoms with Crippen molar-refractivity contribution in [3.05, 3.63) is 58.2 Å². The van der Waals surface area contributed by atoms with E-state index in [1.54, 1.807) is 0 Å². The highest BCUT2D eigenvalue weighted by molar-refractivity contribution is 9.10. The zero-order valence-corrected chi connectivity index (χ0v) is 11.5. The maximum absolute atomic E-state index is 4.44. The van der Waals surface area contributed by atoms with Crippen LogP contribution in [0, 0.1) is 6.92 Å². The number of hydrogen-bond acceptors (Lipinski definition) is 2. The first-order valence-corrected chi connectivity index (χ1v) is 6.41. The first-order chi connectivity index (χ1) is 8.16. The average Bonchev–Trinajstić information content (AvgIpc) is 2.29. The predicted molar refractivity (Wildman–Crippen MR) is 75.2 cm³/mol. The molecule has 1 aromatic carbocycles. The summed E-state index contributed by atoms with van der Waals surface area (Å²) in [4.78, 5) is 4.44. The van der Waals surface area contributed by atoms with E-state index in [9.17, 15) is 0 Å². The Hall–Kier alpha value is -1.35. The molecule has 1 atom stereocenters. The van der Waals surface area contributed by atoms with Crippen LogP contribution in [0.3, 0.4) is 0 Å². The molecule has 0 saturated carbocycles. The first-order valence-electron chi connectivity index (χ1n) is 5.61. The van der Waals surface area contributed by atoms with Crippen LogP contribution in [0.15, 0.2) is 46.9 Å². The van der Waals surface area contributed by atoms with Crippen LogP contribution in [0.25, 0.3) is 0 Å². The summed E-state index contributed by atoms with van der Waals surface area (Å²) in [6.45, 7) is 4.12. The number of nitrogens with one attached hydrogen (secondary N) is 1. The maximum Gasteiger partial charge on any atom is 0.126 e. The van der Waals surface area contributed by atoms with E-state index in [1.807, 2.05) is 37.3 Å². The summed E-state index contributed by atoms with van der Waals surface area (Å²) in [5, 5.41) is 3.40. The number of benzene rings is 1. The summed E-state index contributed by atoms with van der Waals surface area (Å²) in [5.74, 6) is 0.910. The molecule has 0 aliphatic carbocycles. The zero-order chi connectivity index (χ0) is 12.3. The quantitative estimate of drug-likeness (QED) is 0.910. The molecule has 0 bridgehead atoms. The van der Waals surface area contributed by atoms with E-state index in [-0.39, 0.29) is 6.04 Å². The van der Waals surface area contributed by atoms with Crippen LogP contribution in [0.1, 0.15) is 24.2 Å². The van der Waals surface area contributed by atoms with Crippen LogP contribution in [-0.2, 0) is 0 Å². The van der Waals surface area contributed by atoms with Gasteiger partial charge in [0.1, 0.15) is 5.82 Å². The summed E-state index contributed by atoms with van der Waals surface area (Å²) in [5.41, 5.74) is 2.25. The molecule has 0 saturated heterocycles. The average molecular weight is 291 g/mol. The summed E-state index contributed by atoms with van der Waals surface area (Å²) in [7, 11) is 0. The largest absolute Gasteiger partial charge is 0.364 e. The zero-order valence-electron chi connectivity index (χ0n) is 9.94. The molecule has 0 aliphatic heterocycles. The molecular weight excluding hydrogens is 276 g/mol. The van der Waals surface area contributed by atoms with E-state index < -0.39 is 0 Å². The van der Waals surface area contributed by atoms with Gasteiger partial charge < -0.3 is 5.32 Å². The van der Waals surface area contributed by atoms with Crippen molar-refractivity contribution in [2.45, 2.75) is 19.9 Å². The van der Waals surface area contributed by atoms with Gasteiger partial charge in [0.15, 0.2) is 0 Å². The van der Waals surface area contributed by atoms with Crippen molar-refractivity contribution in [3.8, 4) is 0 Å². The van der Waals surface area contributed by atoms with Gasteiger partial charge in [0.25, 0.3) is 0 Å². The Balaban J connectivity index is 2.17. The Morgan fingerprint density at radius 2 is 1.88 bits per heavy atom. The molecule has 2 rings (SSSR count). The summed E-state index contributed by atoms with van der Waals surface area (Å²) < 4.78 is 1.12. The van der Waals surface area contributed by atoms with Gasteiger partial charge in [0, 0.05) is 10.2 Å². The number of pyridine rings is 1. The first kappa shape index (κ1) is 12.1. The molecule has 0 aliphatic rings. The number of halogens is 1. The van der Waals surface area contributed by atoms with Crippen molar-refractivity contribution in [3.63, 3.8) is 0 Å². The SMILES string of the molecule is Cc1cccc(NC(C)c2ccccc2Br)n1. The van der Waals surface area contributed by atoms with Crippen LogP contribution < -0.4 is 5.32 Å². The van der Waals surface area contributed by atoms with Crippen molar-refractivity contribution in [2.24, 2.45) is 0 Å². The fourth-order valence-electron chi connectivity index (χ4n) is 1.75. The number of nitrogens with zero attached hydrogens (tertiary/aromatic N) is 1. The summed E-state index contributed by atoms with van der Waals surface area (Å²) in [6.07, 6.45) is 0. The summed E-state index contributed by atoms with van der Waals surface area (Å²) in [6, 6.07) is 14.4. The topological polar surface area (TPSA) is 24.9 Å². The van der Waals surface area contributed by atoms with Crippen LogP contribution >= 0.6 is 15.9 Å². The van der Waals surface area contributed by atoms with Crippen molar-refractivity contribution in [1.29, 1.82) is 0 Å². The highest BCUT2D eigenvalue weighted by Gasteiger charge is 2.08. The third-order valence-electron chi connectivity index (χ3n) is 2.62. The summed E-state index contributed by atoms with van der Waals surface area (Å²) >= 11 is 3.56. The number of aryl methyl sites for hydroxylation is 1. The minimum absolute atomic E-state index is 0.222. The lowest BCUT2D eigenvalue weighted by molar-refractivity contribution is 0.867. The second-order valence-electron chi connectivity index (χ2n) is 4.05. The third-order valence-corrected chi connectivity index (χ3v) is 3.35. The smallest absolute Gasteiger partial charge is 0.126 e. The van der Waals surface area contributed by atoms with Gasteiger partial charge in [-0.1, -0.05) is 40.2 Å². The fourth-order valence-corrected chi connectivity index (χ4v) is 2.38. The van der Waals surface area contributed by atoms with E-state index in [0.29, 0.717) is 0 Å². The Bertz CT molecular complexity index is 511. The van der Waals surface area contributed by atoms with Crippen LogP contribution in [0.4, 0.5) is 5.82 Å². The highest BCUT2D eigenvalue weighted by atomic mass is 79.9. The molecule has 2 nitrogen and oxygen atoms in total. The predicted octanol–water partition coefficient (Wildman–Crippen LogP) is 4.33. The van der Waals surface area contributed by atoms with E-state index in [4.69, 9.17) is 0 Å². The lowest BCUT2D eigenvalue weighted by Gasteiger charge is -2.16. The second-order valence-corrected chi connectivity index (χ2v) is 4.91. The molecule has 1 heterocycles. The highest BCUT2D eigenvalue weighted by Crippen LogP contribution is 2.25. The molecule has 0 spiro atoms. The van der Waals surface area contributed by atoms with Gasteiger partial charge in [0.2, 0.25) is 0 Å². The van der Waals surface area contributed by atoms with Gasteiger partial charge >= 0.3 is 0 Å². The van der Waals surface area contributed by atoms with E-state index in [2.05, 4.69) is 45.3 Å². The minimum Gasteiger partial charge on any atom is -0.364 e. The Kier molecular flexibility index (Phi) is 3.79. The number of aromatic nitrogens is 1. The molecule has 0 fully saturated rings. The third kappa shape index (κ3) is 3.07. The van der Waals surface area contributed by atoms with E-state index in [1.165, 1.54) is 5.56 Å². The molecule has 1 aromatic heterocycles. The number of anilines is 1. The van der Waals surface area contributed by atoms with Gasteiger partial charge in [-0.15, -0.1) is 0 Å². The van der Waals surface area contributed by atoms with Gasteiger partial charge in [-0.05, 0) is 37.6 Å². The molecule has 0 radical (unpaired) electrons. The molecule has 88 valence electrons. The minimum atomic E-state index is 0.222. The Morgan fingerprint density at radius 1 is 1.12 bits per heavy atom. The fraction of sp³-hybridized carbons (Fsp3) is 0.214. The van der Waals surface area contributed by atoms with Gasteiger partial charge in [-0.2, -0.15) is 0 Å². The molecule has 1 unspecified atom stereocenters. The molecule has 17 heavy (non-hydrogen) atoms. The lowest BCUT2D eigenvalue weighted by Crippen LogP contribution is -2.08. The molecule has 2 aromatic rings. The lowest BCUT2D eigenvalue weighted by atomic mass is 10.1.